The lowest BCUT2D eigenvalue weighted by Gasteiger charge is -2.36. The lowest BCUT2D eigenvalue weighted by molar-refractivity contribution is -0.0374. The third kappa shape index (κ3) is 2.03. The van der Waals surface area contributed by atoms with E-state index in [2.05, 4.69) is 10.4 Å². The van der Waals surface area contributed by atoms with Gasteiger partial charge in [0.15, 0.2) is 0 Å². The topological polar surface area (TPSA) is 55.6 Å². The van der Waals surface area contributed by atoms with E-state index in [-0.39, 0.29) is 5.91 Å². The Morgan fingerprint density at radius 3 is 3.14 bits per heavy atom. The van der Waals surface area contributed by atoms with Crippen molar-refractivity contribution in [3.8, 4) is 0 Å². The summed E-state index contributed by atoms with van der Waals surface area (Å²) in [5, 5.41) is 7.33. The average Bonchev–Trinajstić information content (AvgIpc) is 2.94. The van der Waals surface area contributed by atoms with Gasteiger partial charge in [-0.3, -0.25) is 4.79 Å². The molecule has 1 spiro atoms. The monoisotopic (exact) mass is 285 g/mol. The summed E-state index contributed by atoms with van der Waals surface area (Å²) in [5.74, 6) is 0.00262. The number of pyridine rings is 1. The fraction of sp³-hybridized carbons (Fsp3) is 0.500. The number of nitrogens with zero attached hydrogens (tertiary/aromatic N) is 2. The number of hydrogen-bond donors (Lipinski definition) is 1. The number of nitrogens with one attached hydrogen (secondary N) is 1. The van der Waals surface area contributed by atoms with Crippen LogP contribution in [-0.2, 0) is 4.74 Å². The molecule has 2 saturated carbocycles. The molecular formula is C16H19N3O2. The van der Waals surface area contributed by atoms with Crippen LogP contribution in [0.1, 0.15) is 36.5 Å². The molecule has 0 aromatic carbocycles. The molecule has 2 aromatic heterocycles. The minimum Gasteiger partial charge on any atom is -0.378 e. The first-order valence-corrected chi connectivity index (χ1v) is 7.57. The second kappa shape index (κ2) is 4.56. The molecule has 2 heterocycles. The molecular weight excluding hydrogens is 266 g/mol. The first-order valence-electron chi connectivity index (χ1n) is 7.57. The Bertz CT molecular complexity index is 688. The van der Waals surface area contributed by atoms with Crippen LogP contribution in [0, 0.1) is 5.41 Å². The summed E-state index contributed by atoms with van der Waals surface area (Å²) in [7, 11) is 0. The van der Waals surface area contributed by atoms with E-state index in [1.165, 1.54) is 0 Å². The highest BCUT2D eigenvalue weighted by Gasteiger charge is 2.62. The fourth-order valence-electron chi connectivity index (χ4n) is 3.58. The zero-order valence-corrected chi connectivity index (χ0v) is 12.1. The zero-order chi connectivity index (χ0) is 14.4. The lowest BCUT2D eigenvalue weighted by Crippen LogP contribution is -2.40. The molecule has 0 radical (unpaired) electrons. The van der Waals surface area contributed by atoms with Gasteiger partial charge >= 0.3 is 0 Å². The SMILES string of the molecule is CCOC1CC2(C1)CC2NC(=O)c1cccn2nccc12. The summed E-state index contributed by atoms with van der Waals surface area (Å²) in [4.78, 5) is 12.5. The van der Waals surface area contributed by atoms with Crippen molar-refractivity contribution in [3.05, 3.63) is 36.2 Å². The number of aromatic nitrogens is 2. The van der Waals surface area contributed by atoms with Crippen molar-refractivity contribution in [3.63, 3.8) is 0 Å². The molecule has 0 aliphatic heterocycles. The Hall–Kier alpha value is -1.88. The first kappa shape index (κ1) is 12.8. The molecule has 1 atom stereocenters. The van der Waals surface area contributed by atoms with Gasteiger partial charge in [-0.05, 0) is 49.8 Å². The van der Waals surface area contributed by atoms with Crippen LogP contribution in [0.4, 0.5) is 0 Å². The van der Waals surface area contributed by atoms with Crippen LogP contribution in [0.5, 0.6) is 0 Å². The summed E-state index contributed by atoms with van der Waals surface area (Å²) >= 11 is 0. The highest BCUT2D eigenvalue weighted by atomic mass is 16.5. The maximum atomic E-state index is 12.5. The summed E-state index contributed by atoms with van der Waals surface area (Å²) in [6, 6.07) is 5.88. The maximum absolute atomic E-state index is 12.5. The molecule has 0 bridgehead atoms. The van der Waals surface area contributed by atoms with Gasteiger partial charge in [0, 0.05) is 18.8 Å². The number of fused-ring (bicyclic) bond motifs is 1. The van der Waals surface area contributed by atoms with Crippen molar-refractivity contribution in [1.29, 1.82) is 0 Å². The lowest BCUT2D eigenvalue weighted by atomic mass is 9.78. The van der Waals surface area contributed by atoms with Gasteiger partial charge in [0.1, 0.15) is 0 Å². The van der Waals surface area contributed by atoms with Crippen LogP contribution >= 0.6 is 0 Å². The maximum Gasteiger partial charge on any atom is 0.253 e. The average molecular weight is 285 g/mol. The normalized spacial score (nSPS) is 30.3. The third-order valence-electron chi connectivity index (χ3n) is 4.85. The van der Waals surface area contributed by atoms with Crippen LogP contribution in [0.3, 0.4) is 0 Å². The summed E-state index contributed by atoms with van der Waals surface area (Å²) in [6.07, 6.45) is 7.22. The molecule has 5 heteroatoms. The third-order valence-corrected chi connectivity index (χ3v) is 4.85. The number of carbonyl (C=O) groups excluding carboxylic acids is 1. The van der Waals surface area contributed by atoms with Gasteiger partial charge in [-0.1, -0.05) is 0 Å². The van der Waals surface area contributed by atoms with E-state index in [4.69, 9.17) is 4.74 Å². The van der Waals surface area contributed by atoms with E-state index in [9.17, 15) is 4.79 Å². The van der Waals surface area contributed by atoms with Crippen molar-refractivity contribution >= 4 is 11.4 Å². The Labute approximate surface area is 123 Å². The predicted octanol–water partition coefficient (Wildman–Crippen LogP) is 2.02. The minimum atomic E-state index is 0.00262. The van der Waals surface area contributed by atoms with Gasteiger partial charge in [0.2, 0.25) is 0 Å². The molecule has 5 nitrogen and oxygen atoms in total. The largest absolute Gasteiger partial charge is 0.378 e. The molecule has 2 aliphatic rings. The van der Waals surface area contributed by atoms with Gasteiger partial charge in [0.05, 0.1) is 23.4 Å². The predicted molar refractivity (Wildman–Crippen MR) is 78.1 cm³/mol. The molecule has 1 N–H and O–H groups in total. The number of hydrogen-bond acceptors (Lipinski definition) is 3. The van der Waals surface area contributed by atoms with E-state index >= 15 is 0 Å². The van der Waals surface area contributed by atoms with E-state index in [0.29, 0.717) is 23.1 Å². The molecule has 2 aliphatic carbocycles. The Balaban J connectivity index is 1.43. The molecule has 1 unspecified atom stereocenters. The molecule has 2 fully saturated rings. The molecule has 0 saturated heterocycles. The standard InChI is InChI=1S/C16H19N3O2/c1-2-21-11-8-16(9-11)10-14(16)18-15(20)12-4-3-7-19-13(12)5-6-17-19/h3-7,11,14H,2,8-10H2,1H3,(H,18,20). The van der Waals surface area contributed by atoms with Crippen LogP contribution in [-0.4, -0.2) is 34.3 Å². The summed E-state index contributed by atoms with van der Waals surface area (Å²) in [5.41, 5.74) is 1.86. The van der Waals surface area contributed by atoms with Crippen molar-refractivity contribution in [1.82, 2.24) is 14.9 Å². The minimum absolute atomic E-state index is 0.00262. The zero-order valence-electron chi connectivity index (χ0n) is 12.1. The first-order chi connectivity index (χ1) is 10.2. The van der Waals surface area contributed by atoms with Crippen molar-refractivity contribution in [2.24, 2.45) is 5.41 Å². The molecule has 2 aromatic rings. The van der Waals surface area contributed by atoms with E-state index in [0.717, 1.165) is 31.4 Å². The van der Waals surface area contributed by atoms with Crippen LogP contribution < -0.4 is 5.32 Å². The quantitative estimate of drug-likeness (QED) is 0.935. The van der Waals surface area contributed by atoms with Crippen LogP contribution in [0.25, 0.3) is 5.52 Å². The number of amides is 1. The second-order valence-corrected chi connectivity index (χ2v) is 6.16. The number of rotatable bonds is 4. The highest BCUT2D eigenvalue weighted by molar-refractivity contribution is 6.01. The second-order valence-electron chi connectivity index (χ2n) is 6.16. The molecule has 21 heavy (non-hydrogen) atoms. The van der Waals surface area contributed by atoms with Gasteiger partial charge in [-0.2, -0.15) is 5.10 Å². The molecule has 4 rings (SSSR count). The Morgan fingerprint density at radius 1 is 1.48 bits per heavy atom. The van der Waals surface area contributed by atoms with E-state index in [1.807, 2.05) is 31.3 Å². The highest BCUT2D eigenvalue weighted by Crippen LogP contribution is 2.61. The van der Waals surface area contributed by atoms with Crippen molar-refractivity contribution in [2.75, 3.05) is 6.61 Å². The Kier molecular flexibility index (Phi) is 2.79. The van der Waals surface area contributed by atoms with Crippen molar-refractivity contribution in [2.45, 2.75) is 38.3 Å². The molecule has 1 amide bonds. The summed E-state index contributed by atoms with van der Waals surface area (Å²) in [6.45, 7) is 2.81. The van der Waals surface area contributed by atoms with Crippen LogP contribution in [0.2, 0.25) is 0 Å². The Morgan fingerprint density at radius 2 is 2.33 bits per heavy atom. The summed E-state index contributed by atoms with van der Waals surface area (Å²) < 4.78 is 7.34. The number of ether oxygens (including phenoxy) is 1. The van der Waals surface area contributed by atoms with Gasteiger partial charge in [-0.15, -0.1) is 0 Å². The van der Waals surface area contributed by atoms with E-state index in [1.54, 1.807) is 10.7 Å². The molecule has 110 valence electrons. The van der Waals surface area contributed by atoms with Gasteiger partial charge < -0.3 is 10.1 Å². The van der Waals surface area contributed by atoms with Gasteiger partial charge in [-0.25, -0.2) is 4.52 Å². The van der Waals surface area contributed by atoms with E-state index < -0.39 is 0 Å². The smallest absolute Gasteiger partial charge is 0.253 e. The number of carbonyl (C=O) groups is 1. The van der Waals surface area contributed by atoms with Crippen molar-refractivity contribution < 1.29 is 9.53 Å². The van der Waals surface area contributed by atoms with Crippen LogP contribution in [0.15, 0.2) is 30.6 Å². The fourth-order valence-corrected chi connectivity index (χ4v) is 3.58. The van der Waals surface area contributed by atoms with Gasteiger partial charge in [0.25, 0.3) is 5.91 Å².